The molecule has 0 saturated carbocycles. The van der Waals surface area contributed by atoms with Crippen LogP contribution >= 0.6 is 0 Å². The molecule has 2 N–H and O–H groups in total. The highest BCUT2D eigenvalue weighted by molar-refractivity contribution is 4.98. The van der Waals surface area contributed by atoms with Gasteiger partial charge in [-0.05, 0) is 32.2 Å². The lowest BCUT2D eigenvalue weighted by Crippen LogP contribution is -2.65. The number of piperidine rings is 1. The van der Waals surface area contributed by atoms with E-state index in [1.54, 1.807) is 0 Å². The number of nitrogens with two attached hydrogens (primary N) is 1. The van der Waals surface area contributed by atoms with Crippen molar-refractivity contribution in [3.63, 3.8) is 0 Å². The maximum atomic E-state index is 6.13. The largest absolute Gasteiger partial charge is 0.381 e. The fourth-order valence-electron chi connectivity index (χ4n) is 3.99. The predicted octanol–water partition coefficient (Wildman–Crippen LogP) is 0.664. The second-order valence-electron chi connectivity index (χ2n) is 6.17. The number of hydrogen-bond acceptors (Lipinski definition) is 4. The Morgan fingerprint density at radius 1 is 1.11 bits per heavy atom. The normalized spacial score (nSPS) is 34.2. The summed E-state index contributed by atoms with van der Waals surface area (Å²) in [7, 11) is 0. The smallest absolute Gasteiger partial charge is 0.0484 e. The van der Waals surface area contributed by atoms with Crippen LogP contribution in [0.4, 0.5) is 0 Å². The van der Waals surface area contributed by atoms with Gasteiger partial charge in [0.05, 0.1) is 0 Å². The molecule has 104 valence electrons. The fourth-order valence-corrected chi connectivity index (χ4v) is 3.99. The lowest BCUT2D eigenvalue weighted by atomic mass is 9.86. The quantitative estimate of drug-likeness (QED) is 0.785. The van der Waals surface area contributed by atoms with Gasteiger partial charge in [0.15, 0.2) is 0 Å². The number of rotatable bonds is 2. The molecule has 4 heteroatoms. The summed E-state index contributed by atoms with van der Waals surface area (Å²) in [5.74, 6) is 0. The number of ether oxygens (including phenoxy) is 1. The van der Waals surface area contributed by atoms with E-state index in [0.717, 1.165) is 38.6 Å². The minimum Gasteiger partial charge on any atom is -0.381 e. The van der Waals surface area contributed by atoms with Crippen molar-refractivity contribution in [2.24, 2.45) is 5.73 Å². The average Bonchev–Trinajstić information content (AvgIpc) is 2.47. The first-order chi connectivity index (χ1) is 8.84. The molecule has 3 saturated heterocycles. The SMILES string of the molecule is NCC1(N2CCN3CCCCC3C2)CCOCC1. The summed E-state index contributed by atoms with van der Waals surface area (Å²) in [5, 5.41) is 0. The molecule has 0 aromatic rings. The highest BCUT2D eigenvalue weighted by Crippen LogP contribution is 2.31. The Labute approximate surface area is 110 Å². The van der Waals surface area contributed by atoms with Gasteiger partial charge in [0.25, 0.3) is 0 Å². The molecule has 3 aliphatic rings. The minimum atomic E-state index is 0.238. The van der Waals surface area contributed by atoms with Gasteiger partial charge in [-0.15, -0.1) is 0 Å². The van der Waals surface area contributed by atoms with Crippen LogP contribution in [-0.4, -0.2) is 67.3 Å². The first-order valence-corrected chi connectivity index (χ1v) is 7.61. The van der Waals surface area contributed by atoms with Crippen molar-refractivity contribution >= 4 is 0 Å². The zero-order valence-corrected chi connectivity index (χ0v) is 11.4. The number of piperazine rings is 1. The van der Waals surface area contributed by atoms with Crippen molar-refractivity contribution in [3.8, 4) is 0 Å². The molecule has 3 fully saturated rings. The lowest BCUT2D eigenvalue weighted by molar-refractivity contribution is -0.0624. The molecule has 4 nitrogen and oxygen atoms in total. The number of nitrogens with zero attached hydrogens (tertiary/aromatic N) is 2. The fraction of sp³-hybridized carbons (Fsp3) is 1.00. The third-order valence-corrected chi connectivity index (χ3v) is 5.31. The Bertz CT molecular complexity index is 278. The predicted molar refractivity (Wildman–Crippen MR) is 72.6 cm³/mol. The third-order valence-electron chi connectivity index (χ3n) is 5.31. The Balaban J connectivity index is 1.68. The molecule has 3 heterocycles. The van der Waals surface area contributed by atoms with Crippen LogP contribution in [0.3, 0.4) is 0 Å². The van der Waals surface area contributed by atoms with Crippen LogP contribution in [0.1, 0.15) is 32.1 Å². The van der Waals surface area contributed by atoms with Crippen LogP contribution in [0.5, 0.6) is 0 Å². The highest BCUT2D eigenvalue weighted by atomic mass is 16.5. The van der Waals surface area contributed by atoms with E-state index >= 15 is 0 Å². The van der Waals surface area contributed by atoms with Gasteiger partial charge in [0.2, 0.25) is 0 Å². The van der Waals surface area contributed by atoms with Gasteiger partial charge in [-0.3, -0.25) is 9.80 Å². The van der Waals surface area contributed by atoms with Crippen molar-refractivity contribution in [1.82, 2.24) is 9.80 Å². The molecular weight excluding hydrogens is 226 g/mol. The van der Waals surface area contributed by atoms with E-state index in [1.807, 2.05) is 0 Å². The van der Waals surface area contributed by atoms with Crippen molar-refractivity contribution in [1.29, 1.82) is 0 Å². The third kappa shape index (κ3) is 2.31. The zero-order valence-electron chi connectivity index (χ0n) is 11.4. The van der Waals surface area contributed by atoms with Crippen molar-refractivity contribution in [2.75, 3.05) is 45.9 Å². The first-order valence-electron chi connectivity index (χ1n) is 7.61. The standard InChI is InChI=1S/C14H27N3O/c15-12-14(4-9-18-10-5-14)17-8-7-16-6-2-1-3-13(16)11-17/h13H,1-12,15H2. The number of fused-ring (bicyclic) bond motifs is 1. The second kappa shape index (κ2) is 5.45. The van der Waals surface area contributed by atoms with Gasteiger partial charge in [-0.1, -0.05) is 6.42 Å². The van der Waals surface area contributed by atoms with Gasteiger partial charge in [0, 0.05) is 51.0 Å². The number of hydrogen-bond donors (Lipinski definition) is 1. The van der Waals surface area contributed by atoms with Gasteiger partial charge in [-0.25, -0.2) is 0 Å². The summed E-state index contributed by atoms with van der Waals surface area (Å²) < 4.78 is 5.53. The van der Waals surface area contributed by atoms with Gasteiger partial charge < -0.3 is 10.5 Å². The molecule has 0 aliphatic carbocycles. The van der Waals surface area contributed by atoms with E-state index in [4.69, 9.17) is 10.5 Å². The minimum absolute atomic E-state index is 0.238. The van der Waals surface area contributed by atoms with E-state index in [0.29, 0.717) is 0 Å². The monoisotopic (exact) mass is 253 g/mol. The van der Waals surface area contributed by atoms with E-state index in [2.05, 4.69) is 9.80 Å². The zero-order chi connectivity index (χ0) is 12.4. The topological polar surface area (TPSA) is 41.7 Å². The summed E-state index contributed by atoms with van der Waals surface area (Å²) in [6, 6.07) is 0.791. The molecule has 18 heavy (non-hydrogen) atoms. The van der Waals surface area contributed by atoms with Crippen molar-refractivity contribution in [2.45, 2.75) is 43.7 Å². The molecule has 0 bridgehead atoms. The van der Waals surface area contributed by atoms with Crippen LogP contribution < -0.4 is 5.73 Å². The van der Waals surface area contributed by atoms with Crippen LogP contribution in [0.25, 0.3) is 0 Å². The lowest BCUT2D eigenvalue weighted by Gasteiger charge is -2.52. The highest BCUT2D eigenvalue weighted by Gasteiger charge is 2.41. The molecule has 0 spiro atoms. The maximum absolute atomic E-state index is 6.13. The van der Waals surface area contributed by atoms with Crippen LogP contribution in [0.15, 0.2) is 0 Å². The second-order valence-corrected chi connectivity index (χ2v) is 6.17. The Kier molecular flexibility index (Phi) is 3.89. The summed E-state index contributed by atoms with van der Waals surface area (Å²) in [6.07, 6.45) is 6.43. The van der Waals surface area contributed by atoms with E-state index < -0.39 is 0 Å². The Morgan fingerprint density at radius 2 is 1.94 bits per heavy atom. The molecule has 0 aromatic carbocycles. The van der Waals surface area contributed by atoms with Crippen LogP contribution in [-0.2, 0) is 4.74 Å². The van der Waals surface area contributed by atoms with E-state index in [-0.39, 0.29) is 5.54 Å². The average molecular weight is 253 g/mol. The van der Waals surface area contributed by atoms with Crippen molar-refractivity contribution < 1.29 is 4.74 Å². The molecule has 1 unspecified atom stereocenters. The van der Waals surface area contributed by atoms with Crippen LogP contribution in [0.2, 0.25) is 0 Å². The summed E-state index contributed by atoms with van der Waals surface area (Å²) in [5.41, 5.74) is 6.36. The molecule has 0 aromatic heterocycles. The molecular formula is C14H27N3O. The molecule has 0 radical (unpaired) electrons. The van der Waals surface area contributed by atoms with Crippen molar-refractivity contribution in [3.05, 3.63) is 0 Å². The Hall–Kier alpha value is -0.160. The van der Waals surface area contributed by atoms with E-state index in [1.165, 1.54) is 45.4 Å². The van der Waals surface area contributed by atoms with E-state index in [9.17, 15) is 0 Å². The Morgan fingerprint density at radius 3 is 2.72 bits per heavy atom. The van der Waals surface area contributed by atoms with Gasteiger partial charge in [0.1, 0.15) is 0 Å². The van der Waals surface area contributed by atoms with Crippen LogP contribution in [0, 0.1) is 0 Å². The summed E-state index contributed by atoms with van der Waals surface area (Å²) in [6.45, 7) is 7.57. The van der Waals surface area contributed by atoms with Gasteiger partial charge in [-0.2, -0.15) is 0 Å². The maximum Gasteiger partial charge on any atom is 0.0484 e. The summed E-state index contributed by atoms with van der Waals surface area (Å²) >= 11 is 0. The first kappa shape index (κ1) is 12.9. The molecule has 3 aliphatic heterocycles. The molecule has 0 amide bonds. The molecule has 1 atom stereocenters. The summed E-state index contributed by atoms with van der Waals surface area (Å²) in [4.78, 5) is 5.39. The molecule has 3 rings (SSSR count). The van der Waals surface area contributed by atoms with Gasteiger partial charge >= 0.3 is 0 Å².